The zero-order valence-electron chi connectivity index (χ0n) is 14.6. The smallest absolute Gasteiger partial charge is 0.305 e. The summed E-state index contributed by atoms with van der Waals surface area (Å²) in [7, 11) is 0. The SMILES string of the molecule is CCOC(=O)CCCOc1ccc(N)c(NCc2ccc(Cl)cc2Cl)c1. The van der Waals surface area contributed by atoms with Gasteiger partial charge in [0.25, 0.3) is 0 Å². The first-order valence-electron chi connectivity index (χ1n) is 8.35. The molecule has 0 saturated carbocycles. The molecule has 0 spiro atoms. The van der Waals surface area contributed by atoms with Crippen LogP contribution in [0.25, 0.3) is 0 Å². The third-order valence-electron chi connectivity index (χ3n) is 3.61. The number of esters is 1. The molecule has 0 aromatic heterocycles. The Hall–Kier alpha value is -2.11. The van der Waals surface area contributed by atoms with Crippen LogP contribution in [0.3, 0.4) is 0 Å². The summed E-state index contributed by atoms with van der Waals surface area (Å²) in [5, 5.41) is 4.44. The van der Waals surface area contributed by atoms with E-state index in [1.807, 2.05) is 12.1 Å². The van der Waals surface area contributed by atoms with Gasteiger partial charge in [0, 0.05) is 29.1 Å². The number of rotatable bonds is 9. The van der Waals surface area contributed by atoms with Crippen molar-refractivity contribution < 1.29 is 14.3 Å². The van der Waals surface area contributed by atoms with Crippen LogP contribution in [-0.4, -0.2) is 19.2 Å². The van der Waals surface area contributed by atoms with Gasteiger partial charge < -0.3 is 20.5 Å². The van der Waals surface area contributed by atoms with Crippen molar-refractivity contribution in [1.82, 2.24) is 0 Å². The number of hydrogen-bond acceptors (Lipinski definition) is 5. The predicted octanol–water partition coefficient (Wildman–Crippen LogP) is 4.91. The molecular formula is C19H22Cl2N2O3. The van der Waals surface area contributed by atoms with E-state index in [9.17, 15) is 4.79 Å². The van der Waals surface area contributed by atoms with Crippen LogP contribution in [0.2, 0.25) is 10.0 Å². The maximum atomic E-state index is 11.3. The van der Waals surface area contributed by atoms with E-state index in [-0.39, 0.29) is 5.97 Å². The Kier molecular flexibility index (Phi) is 7.88. The average molecular weight is 397 g/mol. The van der Waals surface area contributed by atoms with Crippen molar-refractivity contribution in [2.45, 2.75) is 26.3 Å². The maximum Gasteiger partial charge on any atom is 0.305 e. The van der Waals surface area contributed by atoms with Gasteiger partial charge in [0.2, 0.25) is 0 Å². The van der Waals surface area contributed by atoms with Gasteiger partial charge in [-0.1, -0.05) is 29.3 Å². The van der Waals surface area contributed by atoms with Crippen LogP contribution in [0, 0.1) is 0 Å². The Balaban J connectivity index is 1.89. The van der Waals surface area contributed by atoms with Crippen LogP contribution < -0.4 is 15.8 Å². The maximum absolute atomic E-state index is 11.3. The average Bonchev–Trinajstić information content (AvgIpc) is 2.60. The first kappa shape index (κ1) is 20.2. The largest absolute Gasteiger partial charge is 0.494 e. The fraction of sp³-hybridized carbons (Fsp3) is 0.316. The summed E-state index contributed by atoms with van der Waals surface area (Å²) in [6, 6.07) is 10.7. The molecule has 0 aliphatic carbocycles. The number of halogens is 2. The van der Waals surface area contributed by atoms with Crippen molar-refractivity contribution >= 4 is 40.5 Å². The van der Waals surface area contributed by atoms with Gasteiger partial charge in [0.05, 0.1) is 24.6 Å². The van der Waals surface area contributed by atoms with E-state index in [0.29, 0.717) is 54.1 Å². The van der Waals surface area contributed by atoms with Gasteiger partial charge in [-0.05, 0) is 43.2 Å². The molecule has 0 radical (unpaired) electrons. The van der Waals surface area contributed by atoms with Crippen molar-refractivity contribution in [3.63, 3.8) is 0 Å². The highest BCUT2D eigenvalue weighted by Crippen LogP contribution is 2.27. The summed E-state index contributed by atoms with van der Waals surface area (Å²) in [6.07, 6.45) is 0.926. The molecule has 2 aromatic rings. The van der Waals surface area contributed by atoms with Gasteiger partial charge in [-0.25, -0.2) is 0 Å². The quantitative estimate of drug-likeness (QED) is 0.357. The van der Waals surface area contributed by atoms with Crippen molar-refractivity contribution in [1.29, 1.82) is 0 Å². The van der Waals surface area contributed by atoms with Gasteiger partial charge >= 0.3 is 5.97 Å². The first-order chi connectivity index (χ1) is 12.5. The number of carbonyl (C=O) groups is 1. The lowest BCUT2D eigenvalue weighted by Crippen LogP contribution is -2.07. The number of anilines is 2. The van der Waals surface area contributed by atoms with E-state index >= 15 is 0 Å². The summed E-state index contributed by atoms with van der Waals surface area (Å²) < 4.78 is 10.6. The molecule has 26 heavy (non-hydrogen) atoms. The highest BCUT2D eigenvalue weighted by atomic mass is 35.5. The van der Waals surface area contributed by atoms with E-state index in [1.165, 1.54) is 0 Å². The van der Waals surface area contributed by atoms with Crippen LogP contribution >= 0.6 is 23.2 Å². The standard InChI is InChI=1S/C19H22Cl2N2O3/c1-2-25-19(24)4-3-9-26-15-7-8-17(22)18(11-15)23-12-13-5-6-14(20)10-16(13)21/h5-8,10-11,23H,2-4,9,12,22H2,1H3. The minimum absolute atomic E-state index is 0.212. The Labute approximate surface area is 163 Å². The van der Waals surface area contributed by atoms with E-state index in [4.69, 9.17) is 38.4 Å². The van der Waals surface area contributed by atoms with Crippen molar-refractivity contribution in [2.24, 2.45) is 0 Å². The second-order valence-corrected chi connectivity index (χ2v) is 6.44. The molecule has 0 atom stereocenters. The molecule has 0 heterocycles. The summed E-state index contributed by atoms with van der Waals surface area (Å²) in [4.78, 5) is 11.3. The van der Waals surface area contributed by atoms with Gasteiger partial charge in [0.15, 0.2) is 0 Å². The van der Waals surface area contributed by atoms with E-state index in [2.05, 4.69) is 5.32 Å². The minimum Gasteiger partial charge on any atom is -0.494 e. The lowest BCUT2D eigenvalue weighted by molar-refractivity contribution is -0.143. The zero-order chi connectivity index (χ0) is 18.9. The van der Waals surface area contributed by atoms with E-state index in [1.54, 1.807) is 31.2 Å². The molecule has 7 heteroatoms. The topological polar surface area (TPSA) is 73.6 Å². The Bertz CT molecular complexity index is 754. The first-order valence-corrected chi connectivity index (χ1v) is 9.11. The molecule has 0 amide bonds. The molecule has 0 unspecified atom stereocenters. The third-order valence-corrected chi connectivity index (χ3v) is 4.20. The normalized spacial score (nSPS) is 10.4. The lowest BCUT2D eigenvalue weighted by Gasteiger charge is -2.13. The third kappa shape index (κ3) is 6.32. The lowest BCUT2D eigenvalue weighted by atomic mass is 10.2. The second kappa shape index (κ2) is 10.1. The number of ether oxygens (including phenoxy) is 2. The van der Waals surface area contributed by atoms with Crippen molar-refractivity contribution in [3.8, 4) is 5.75 Å². The fourth-order valence-electron chi connectivity index (χ4n) is 2.27. The molecular weight excluding hydrogens is 375 g/mol. The molecule has 0 bridgehead atoms. The van der Waals surface area contributed by atoms with E-state index < -0.39 is 0 Å². The van der Waals surface area contributed by atoms with Crippen LogP contribution in [0.1, 0.15) is 25.3 Å². The summed E-state index contributed by atoms with van der Waals surface area (Å²) >= 11 is 12.1. The van der Waals surface area contributed by atoms with Crippen molar-refractivity contribution in [3.05, 3.63) is 52.0 Å². The number of carbonyl (C=O) groups excluding carboxylic acids is 1. The molecule has 5 nitrogen and oxygen atoms in total. The number of nitrogens with two attached hydrogens (primary N) is 1. The van der Waals surface area contributed by atoms with E-state index in [0.717, 1.165) is 11.3 Å². The molecule has 3 N–H and O–H groups in total. The second-order valence-electron chi connectivity index (χ2n) is 5.60. The van der Waals surface area contributed by atoms with Crippen LogP contribution in [0.4, 0.5) is 11.4 Å². The predicted molar refractivity (Wildman–Crippen MR) is 106 cm³/mol. The summed E-state index contributed by atoms with van der Waals surface area (Å²) in [5.41, 5.74) is 8.28. The van der Waals surface area contributed by atoms with Gasteiger partial charge in [-0.2, -0.15) is 0 Å². The monoisotopic (exact) mass is 396 g/mol. The molecule has 140 valence electrons. The van der Waals surface area contributed by atoms with Gasteiger partial charge in [0.1, 0.15) is 5.75 Å². The van der Waals surface area contributed by atoms with Gasteiger partial charge in [-0.15, -0.1) is 0 Å². The summed E-state index contributed by atoms with van der Waals surface area (Å²) in [5.74, 6) is 0.461. The van der Waals surface area contributed by atoms with Crippen molar-refractivity contribution in [2.75, 3.05) is 24.3 Å². The number of benzene rings is 2. The summed E-state index contributed by atoms with van der Waals surface area (Å²) in [6.45, 7) is 3.11. The number of nitrogen functional groups attached to an aromatic ring is 1. The Morgan fingerprint density at radius 2 is 2.00 bits per heavy atom. The molecule has 0 aliphatic rings. The fourth-order valence-corrected chi connectivity index (χ4v) is 2.75. The zero-order valence-corrected chi connectivity index (χ0v) is 16.1. The van der Waals surface area contributed by atoms with Gasteiger partial charge in [-0.3, -0.25) is 4.79 Å². The minimum atomic E-state index is -0.212. The Morgan fingerprint density at radius 3 is 2.73 bits per heavy atom. The highest BCUT2D eigenvalue weighted by Gasteiger charge is 2.06. The van der Waals surface area contributed by atoms with Crippen LogP contribution in [0.15, 0.2) is 36.4 Å². The molecule has 2 rings (SSSR count). The van der Waals surface area contributed by atoms with Crippen LogP contribution in [0.5, 0.6) is 5.75 Å². The number of nitrogens with one attached hydrogen (secondary N) is 1. The molecule has 0 fully saturated rings. The highest BCUT2D eigenvalue weighted by molar-refractivity contribution is 6.35. The molecule has 0 saturated heterocycles. The Morgan fingerprint density at radius 1 is 1.19 bits per heavy atom. The van der Waals surface area contributed by atoms with Crippen LogP contribution in [-0.2, 0) is 16.1 Å². The molecule has 2 aromatic carbocycles. The number of hydrogen-bond donors (Lipinski definition) is 2. The molecule has 0 aliphatic heterocycles.